The zero-order valence-electron chi connectivity index (χ0n) is 22.6. The molecule has 3 N–H and O–H groups in total. The molecule has 0 saturated heterocycles. The highest BCUT2D eigenvalue weighted by Crippen LogP contribution is 2.26. The quantitative estimate of drug-likeness (QED) is 0.251. The van der Waals surface area contributed by atoms with Gasteiger partial charge in [-0.2, -0.15) is 0 Å². The standard InChI is InChI=1S/C29H33N3O7S/c1-18(2)27(32-25(34)14-21-13-20(9-10-24(21)38-3)29-30-11-12-39-29)28(37)31-22(15-26(35)36)23(33)17-40-16-19-7-5-4-6-8-19/h4-13,18,22,27H,14-17H2,1-3H3,(H,31,37)(H,32,34)(H,35,36)/t22-,27-/m0/s1. The minimum Gasteiger partial charge on any atom is -0.496 e. The Labute approximate surface area is 236 Å². The SMILES string of the molecule is COc1ccc(-c2ncco2)cc1CC(=O)N[C@H](C(=O)N[C@@H](CC(=O)O)C(=O)CSCc1ccccc1)C(C)C. The zero-order valence-corrected chi connectivity index (χ0v) is 23.4. The van der Waals surface area contributed by atoms with E-state index in [4.69, 9.17) is 9.15 Å². The molecule has 212 valence electrons. The maximum absolute atomic E-state index is 13.2. The molecule has 2 aromatic carbocycles. The van der Waals surface area contributed by atoms with E-state index < -0.39 is 42.1 Å². The van der Waals surface area contributed by atoms with Crippen LogP contribution in [0.5, 0.6) is 5.75 Å². The molecule has 0 radical (unpaired) electrons. The van der Waals surface area contributed by atoms with E-state index in [1.807, 2.05) is 30.3 Å². The third kappa shape index (κ3) is 8.98. The van der Waals surface area contributed by atoms with E-state index in [9.17, 15) is 24.3 Å². The lowest BCUT2D eigenvalue weighted by Gasteiger charge is -2.25. The predicted octanol–water partition coefficient (Wildman–Crippen LogP) is 3.50. The second kappa shape index (κ2) is 14.9. The fourth-order valence-electron chi connectivity index (χ4n) is 3.97. The van der Waals surface area contributed by atoms with Crippen LogP contribution >= 0.6 is 11.8 Å². The number of carboxylic acid groups (broad SMARTS) is 1. The molecule has 0 aliphatic heterocycles. The number of amides is 2. The number of nitrogens with one attached hydrogen (secondary N) is 2. The van der Waals surface area contributed by atoms with Crippen molar-refractivity contribution in [3.05, 3.63) is 72.1 Å². The molecule has 0 fully saturated rings. The topological polar surface area (TPSA) is 148 Å². The highest BCUT2D eigenvalue weighted by Gasteiger charge is 2.30. The highest BCUT2D eigenvalue weighted by molar-refractivity contribution is 7.99. The molecule has 10 nitrogen and oxygen atoms in total. The largest absolute Gasteiger partial charge is 0.496 e. The molecule has 3 rings (SSSR count). The fourth-order valence-corrected chi connectivity index (χ4v) is 4.91. The summed E-state index contributed by atoms with van der Waals surface area (Å²) in [5, 5.41) is 14.6. The van der Waals surface area contributed by atoms with E-state index in [2.05, 4.69) is 15.6 Å². The third-order valence-corrected chi connectivity index (χ3v) is 7.04. The Morgan fingerprint density at radius 3 is 2.45 bits per heavy atom. The van der Waals surface area contributed by atoms with Crippen LogP contribution in [-0.4, -0.2) is 58.6 Å². The summed E-state index contributed by atoms with van der Waals surface area (Å²) in [5.41, 5.74) is 2.25. The Hall–Kier alpha value is -4.12. The fraction of sp³-hybridized carbons (Fsp3) is 0.345. The molecule has 0 bridgehead atoms. The first-order valence-electron chi connectivity index (χ1n) is 12.7. The van der Waals surface area contributed by atoms with E-state index in [0.717, 1.165) is 5.56 Å². The number of carbonyl (C=O) groups is 4. The first kappa shape index (κ1) is 30.4. The van der Waals surface area contributed by atoms with Crippen molar-refractivity contribution in [2.75, 3.05) is 12.9 Å². The third-order valence-electron chi connectivity index (χ3n) is 6.02. The second-order valence-electron chi connectivity index (χ2n) is 9.43. The molecule has 11 heteroatoms. The van der Waals surface area contributed by atoms with E-state index in [0.29, 0.717) is 28.5 Å². The van der Waals surface area contributed by atoms with Gasteiger partial charge in [0.25, 0.3) is 0 Å². The monoisotopic (exact) mass is 567 g/mol. The number of benzene rings is 2. The van der Waals surface area contributed by atoms with Crippen LogP contribution in [0.3, 0.4) is 0 Å². The molecule has 40 heavy (non-hydrogen) atoms. The number of carbonyl (C=O) groups excluding carboxylic acids is 3. The minimum absolute atomic E-state index is 0.0342. The molecule has 0 spiro atoms. The summed E-state index contributed by atoms with van der Waals surface area (Å²) < 4.78 is 10.7. The molecular formula is C29H33N3O7S. The molecule has 3 aromatic rings. The number of Topliss-reactive ketones (excluding diaryl/α,β-unsaturated/α-hetero) is 1. The van der Waals surface area contributed by atoms with Gasteiger partial charge in [0.2, 0.25) is 17.7 Å². The van der Waals surface area contributed by atoms with Gasteiger partial charge in [-0.1, -0.05) is 44.2 Å². The molecular weight excluding hydrogens is 534 g/mol. The van der Waals surface area contributed by atoms with Crippen LogP contribution in [-0.2, 0) is 31.4 Å². The molecule has 1 aromatic heterocycles. The maximum Gasteiger partial charge on any atom is 0.305 e. The van der Waals surface area contributed by atoms with Gasteiger partial charge in [-0.3, -0.25) is 19.2 Å². The number of ether oxygens (including phenoxy) is 1. The van der Waals surface area contributed by atoms with E-state index >= 15 is 0 Å². The van der Waals surface area contributed by atoms with Crippen LogP contribution in [0, 0.1) is 5.92 Å². The molecule has 0 saturated carbocycles. The average Bonchev–Trinajstić information content (AvgIpc) is 3.46. The second-order valence-corrected chi connectivity index (χ2v) is 10.4. The summed E-state index contributed by atoms with van der Waals surface area (Å²) in [4.78, 5) is 54.6. The number of carboxylic acids is 1. The lowest BCUT2D eigenvalue weighted by atomic mass is 10.0. The number of aromatic nitrogens is 1. The van der Waals surface area contributed by atoms with Crippen LogP contribution in [0.15, 0.2) is 65.4 Å². The van der Waals surface area contributed by atoms with Crippen LogP contribution in [0.2, 0.25) is 0 Å². The molecule has 2 amide bonds. The van der Waals surface area contributed by atoms with Crippen molar-refractivity contribution in [1.82, 2.24) is 15.6 Å². The van der Waals surface area contributed by atoms with Crippen LogP contribution in [0.4, 0.5) is 0 Å². The van der Waals surface area contributed by atoms with Gasteiger partial charge in [-0.25, -0.2) is 4.98 Å². The van der Waals surface area contributed by atoms with Crippen molar-refractivity contribution < 1.29 is 33.4 Å². The van der Waals surface area contributed by atoms with Gasteiger partial charge in [-0.15, -0.1) is 11.8 Å². The number of hydrogen-bond donors (Lipinski definition) is 3. The first-order valence-corrected chi connectivity index (χ1v) is 13.9. The predicted molar refractivity (Wildman–Crippen MR) is 151 cm³/mol. The van der Waals surface area contributed by atoms with E-state index in [1.165, 1.54) is 31.3 Å². The van der Waals surface area contributed by atoms with Crippen molar-refractivity contribution in [1.29, 1.82) is 0 Å². The van der Waals surface area contributed by atoms with Gasteiger partial charge < -0.3 is 24.9 Å². The van der Waals surface area contributed by atoms with Crippen LogP contribution < -0.4 is 15.4 Å². The number of rotatable bonds is 15. The van der Waals surface area contributed by atoms with Crippen molar-refractivity contribution in [3.8, 4) is 17.2 Å². The Balaban J connectivity index is 1.65. The minimum atomic E-state index is -1.22. The van der Waals surface area contributed by atoms with Crippen LogP contribution in [0.25, 0.3) is 11.5 Å². The van der Waals surface area contributed by atoms with Gasteiger partial charge in [0.15, 0.2) is 5.78 Å². The van der Waals surface area contributed by atoms with Gasteiger partial charge in [-0.05, 0) is 29.7 Å². The lowest BCUT2D eigenvalue weighted by Crippen LogP contribution is -2.54. The summed E-state index contributed by atoms with van der Waals surface area (Å²) in [6.07, 6.45) is 2.31. The molecule has 2 atom stereocenters. The van der Waals surface area contributed by atoms with Crippen molar-refractivity contribution in [2.45, 2.75) is 44.5 Å². The average molecular weight is 568 g/mol. The normalized spacial score (nSPS) is 12.4. The molecule has 1 heterocycles. The molecule has 0 aliphatic rings. The summed E-state index contributed by atoms with van der Waals surface area (Å²) in [7, 11) is 1.49. The first-order chi connectivity index (χ1) is 19.2. The Morgan fingerprint density at radius 2 is 1.82 bits per heavy atom. The van der Waals surface area contributed by atoms with Gasteiger partial charge in [0, 0.05) is 16.9 Å². The van der Waals surface area contributed by atoms with Gasteiger partial charge >= 0.3 is 5.97 Å². The smallest absolute Gasteiger partial charge is 0.305 e. The number of oxazole rings is 1. The van der Waals surface area contributed by atoms with E-state index in [-0.39, 0.29) is 18.1 Å². The Morgan fingerprint density at radius 1 is 1.07 bits per heavy atom. The maximum atomic E-state index is 13.2. The van der Waals surface area contributed by atoms with E-state index in [1.54, 1.807) is 32.0 Å². The zero-order chi connectivity index (χ0) is 29.1. The van der Waals surface area contributed by atoms with Crippen LogP contribution in [0.1, 0.15) is 31.4 Å². The molecule has 0 aliphatic carbocycles. The summed E-state index contributed by atoms with van der Waals surface area (Å²) >= 11 is 1.34. The number of hydrogen-bond acceptors (Lipinski definition) is 8. The van der Waals surface area contributed by atoms with Crippen molar-refractivity contribution >= 4 is 35.3 Å². The summed E-state index contributed by atoms with van der Waals surface area (Å²) in [5.74, 6) is -1.55. The Kier molecular flexibility index (Phi) is 11.3. The number of thioether (sulfide) groups is 1. The summed E-state index contributed by atoms with van der Waals surface area (Å²) in [6, 6.07) is 12.5. The lowest BCUT2D eigenvalue weighted by molar-refractivity contribution is -0.140. The number of ketones is 1. The number of aliphatic carboxylic acids is 1. The highest BCUT2D eigenvalue weighted by atomic mass is 32.2. The van der Waals surface area contributed by atoms with Crippen molar-refractivity contribution in [3.63, 3.8) is 0 Å². The summed E-state index contributed by atoms with van der Waals surface area (Å²) in [6.45, 7) is 3.50. The van der Waals surface area contributed by atoms with Crippen molar-refractivity contribution in [2.24, 2.45) is 5.92 Å². The number of methoxy groups -OCH3 is 1. The number of nitrogens with zero attached hydrogens (tertiary/aromatic N) is 1. The van der Waals surface area contributed by atoms with Gasteiger partial charge in [0.1, 0.15) is 18.1 Å². The molecule has 0 unspecified atom stereocenters. The van der Waals surface area contributed by atoms with Gasteiger partial charge in [0.05, 0.1) is 37.9 Å². The Bertz CT molecular complexity index is 1300.